The molecule has 1 amide bonds. The summed E-state index contributed by atoms with van der Waals surface area (Å²) in [6.45, 7) is 0.615. The highest BCUT2D eigenvalue weighted by molar-refractivity contribution is 5.91. The van der Waals surface area contributed by atoms with Gasteiger partial charge in [-0.2, -0.15) is 0 Å². The molecule has 0 unspecified atom stereocenters. The highest BCUT2D eigenvalue weighted by Crippen LogP contribution is 2.29. The van der Waals surface area contributed by atoms with Crippen molar-refractivity contribution in [3.8, 4) is 11.5 Å². The predicted octanol–water partition coefficient (Wildman–Crippen LogP) is 1.77. The van der Waals surface area contributed by atoms with E-state index < -0.39 is 0 Å². The van der Waals surface area contributed by atoms with Gasteiger partial charge in [0.2, 0.25) is 5.91 Å². The molecule has 5 nitrogen and oxygen atoms in total. The summed E-state index contributed by atoms with van der Waals surface area (Å²) < 4.78 is 10.3. The topological polar surface area (TPSA) is 73.6 Å². The first-order valence-corrected chi connectivity index (χ1v) is 5.93. The number of ether oxygens (including phenoxy) is 2. The number of carbonyl (C=O) groups excluding carboxylic acids is 1. The lowest BCUT2D eigenvalue weighted by molar-refractivity contribution is -0.116. The number of hydrogen-bond acceptors (Lipinski definition) is 4. The molecule has 0 saturated carbocycles. The molecule has 0 aliphatic rings. The molecule has 0 heterocycles. The van der Waals surface area contributed by atoms with Gasteiger partial charge < -0.3 is 20.5 Å². The lowest BCUT2D eigenvalue weighted by Gasteiger charge is -2.10. The van der Waals surface area contributed by atoms with Crippen LogP contribution in [0.5, 0.6) is 11.5 Å². The van der Waals surface area contributed by atoms with Crippen molar-refractivity contribution in [1.82, 2.24) is 0 Å². The molecule has 100 valence electrons. The largest absolute Gasteiger partial charge is 0.493 e. The molecule has 1 rings (SSSR count). The molecule has 0 spiro atoms. The Labute approximate surface area is 107 Å². The molecule has 0 radical (unpaired) electrons. The summed E-state index contributed by atoms with van der Waals surface area (Å²) in [6.07, 6.45) is 2.14. The third-order valence-corrected chi connectivity index (χ3v) is 2.53. The van der Waals surface area contributed by atoms with E-state index in [9.17, 15) is 4.79 Å². The zero-order chi connectivity index (χ0) is 13.4. The molecule has 5 heteroatoms. The molecule has 18 heavy (non-hydrogen) atoms. The van der Waals surface area contributed by atoms with Gasteiger partial charge in [-0.05, 0) is 31.5 Å². The van der Waals surface area contributed by atoms with Crippen LogP contribution in [0.2, 0.25) is 0 Å². The number of nitrogens with one attached hydrogen (secondary N) is 1. The van der Waals surface area contributed by atoms with Crippen LogP contribution in [0.4, 0.5) is 5.69 Å². The van der Waals surface area contributed by atoms with Gasteiger partial charge in [0.05, 0.1) is 14.2 Å². The van der Waals surface area contributed by atoms with Crippen molar-refractivity contribution in [1.29, 1.82) is 0 Å². The summed E-state index contributed by atoms with van der Waals surface area (Å²) in [4.78, 5) is 11.6. The first-order chi connectivity index (χ1) is 8.71. The fourth-order valence-corrected chi connectivity index (χ4v) is 1.57. The predicted molar refractivity (Wildman–Crippen MR) is 71.1 cm³/mol. The lowest BCUT2D eigenvalue weighted by atomic mass is 10.2. The molecule has 0 fully saturated rings. The van der Waals surface area contributed by atoms with Gasteiger partial charge in [-0.25, -0.2) is 0 Å². The molecule has 0 aromatic heterocycles. The minimum Gasteiger partial charge on any atom is -0.493 e. The van der Waals surface area contributed by atoms with E-state index in [0.717, 1.165) is 12.8 Å². The maximum absolute atomic E-state index is 11.6. The molecule has 0 saturated heterocycles. The Bertz CT molecular complexity index is 394. The number of benzene rings is 1. The van der Waals surface area contributed by atoms with Crippen molar-refractivity contribution in [2.75, 3.05) is 26.1 Å². The quantitative estimate of drug-likeness (QED) is 0.725. The van der Waals surface area contributed by atoms with Crippen LogP contribution in [0, 0.1) is 0 Å². The highest BCUT2D eigenvalue weighted by Gasteiger charge is 2.07. The van der Waals surface area contributed by atoms with Crippen LogP contribution in [0.3, 0.4) is 0 Å². The van der Waals surface area contributed by atoms with E-state index in [1.165, 1.54) is 0 Å². The van der Waals surface area contributed by atoms with Gasteiger partial charge >= 0.3 is 0 Å². The summed E-state index contributed by atoms with van der Waals surface area (Å²) in [6, 6.07) is 5.27. The van der Waals surface area contributed by atoms with Gasteiger partial charge in [0, 0.05) is 18.2 Å². The van der Waals surface area contributed by atoms with Crippen LogP contribution >= 0.6 is 0 Å². The maximum Gasteiger partial charge on any atom is 0.224 e. The van der Waals surface area contributed by atoms with E-state index in [1.807, 2.05) is 0 Å². The molecule has 0 atom stereocenters. The number of rotatable bonds is 7. The van der Waals surface area contributed by atoms with Crippen LogP contribution < -0.4 is 20.5 Å². The van der Waals surface area contributed by atoms with Gasteiger partial charge in [0.25, 0.3) is 0 Å². The van der Waals surface area contributed by atoms with Crippen LogP contribution in [0.1, 0.15) is 19.3 Å². The monoisotopic (exact) mass is 252 g/mol. The minimum absolute atomic E-state index is 0.0179. The third-order valence-electron chi connectivity index (χ3n) is 2.53. The Kier molecular flexibility index (Phi) is 6.00. The van der Waals surface area contributed by atoms with Crippen molar-refractivity contribution >= 4 is 11.6 Å². The Balaban J connectivity index is 2.59. The van der Waals surface area contributed by atoms with E-state index in [0.29, 0.717) is 30.2 Å². The van der Waals surface area contributed by atoms with Gasteiger partial charge in [-0.15, -0.1) is 0 Å². The molecule has 0 aliphatic carbocycles. The molecule has 0 bridgehead atoms. The third kappa shape index (κ3) is 4.25. The number of unbranched alkanes of at least 4 members (excludes halogenated alkanes) is 1. The van der Waals surface area contributed by atoms with Crippen LogP contribution in [0.25, 0.3) is 0 Å². The van der Waals surface area contributed by atoms with Crippen molar-refractivity contribution < 1.29 is 14.3 Å². The normalized spacial score (nSPS) is 9.94. The number of methoxy groups -OCH3 is 2. The Morgan fingerprint density at radius 3 is 2.56 bits per heavy atom. The summed E-state index contributed by atoms with van der Waals surface area (Å²) in [5.41, 5.74) is 6.07. The zero-order valence-electron chi connectivity index (χ0n) is 10.9. The van der Waals surface area contributed by atoms with Crippen molar-refractivity contribution in [3.05, 3.63) is 18.2 Å². The van der Waals surface area contributed by atoms with Gasteiger partial charge in [-0.1, -0.05) is 0 Å². The van der Waals surface area contributed by atoms with Gasteiger partial charge in [-0.3, -0.25) is 4.79 Å². The Hall–Kier alpha value is -1.75. The fourth-order valence-electron chi connectivity index (χ4n) is 1.57. The average molecular weight is 252 g/mol. The maximum atomic E-state index is 11.6. The Morgan fingerprint density at radius 2 is 1.94 bits per heavy atom. The van der Waals surface area contributed by atoms with Crippen LogP contribution in [0.15, 0.2) is 18.2 Å². The summed E-state index contributed by atoms with van der Waals surface area (Å²) >= 11 is 0. The number of carbonyl (C=O) groups is 1. The molecule has 3 N–H and O–H groups in total. The summed E-state index contributed by atoms with van der Waals surface area (Å²) in [7, 11) is 3.13. The second-order valence-corrected chi connectivity index (χ2v) is 3.86. The average Bonchev–Trinajstić information content (AvgIpc) is 2.39. The van der Waals surface area contributed by atoms with Crippen molar-refractivity contribution in [2.45, 2.75) is 19.3 Å². The van der Waals surface area contributed by atoms with Gasteiger partial charge in [0.15, 0.2) is 11.5 Å². The summed E-state index contributed by atoms with van der Waals surface area (Å²) in [5, 5.41) is 2.81. The van der Waals surface area contributed by atoms with Crippen LogP contribution in [-0.4, -0.2) is 26.7 Å². The lowest BCUT2D eigenvalue weighted by Crippen LogP contribution is -2.12. The van der Waals surface area contributed by atoms with E-state index in [1.54, 1.807) is 32.4 Å². The second-order valence-electron chi connectivity index (χ2n) is 3.86. The SMILES string of the molecule is COc1ccc(NC(=O)CCCCN)cc1OC. The van der Waals surface area contributed by atoms with E-state index in [4.69, 9.17) is 15.2 Å². The number of anilines is 1. The van der Waals surface area contributed by atoms with Crippen molar-refractivity contribution in [2.24, 2.45) is 5.73 Å². The molecular weight excluding hydrogens is 232 g/mol. The number of hydrogen-bond donors (Lipinski definition) is 2. The molecular formula is C13H20N2O3. The second kappa shape index (κ2) is 7.55. The number of amides is 1. The fraction of sp³-hybridized carbons (Fsp3) is 0.462. The first kappa shape index (κ1) is 14.3. The smallest absolute Gasteiger partial charge is 0.224 e. The molecule has 1 aromatic rings. The standard InChI is InChI=1S/C13H20N2O3/c1-17-11-7-6-10(9-12(11)18-2)15-13(16)5-3-4-8-14/h6-7,9H,3-5,8,14H2,1-2H3,(H,15,16). The van der Waals surface area contributed by atoms with Crippen LogP contribution in [-0.2, 0) is 4.79 Å². The van der Waals surface area contributed by atoms with Gasteiger partial charge in [0.1, 0.15) is 0 Å². The van der Waals surface area contributed by atoms with E-state index in [2.05, 4.69) is 5.32 Å². The molecule has 0 aliphatic heterocycles. The highest BCUT2D eigenvalue weighted by atomic mass is 16.5. The zero-order valence-corrected chi connectivity index (χ0v) is 10.9. The number of nitrogens with two attached hydrogens (primary N) is 1. The Morgan fingerprint density at radius 1 is 1.22 bits per heavy atom. The first-order valence-electron chi connectivity index (χ1n) is 5.93. The minimum atomic E-state index is -0.0179. The van der Waals surface area contributed by atoms with E-state index >= 15 is 0 Å². The van der Waals surface area contributed by atoms with E-state index in [-0.39, 0.29) is 5.91 Å². The summed E-state index contributed by atoms with van der Waals surface area (Å²) in [5.74, 6) is 1.21. The van der Waals surface area contributed by atoms with Crippen molar-refractivity contribution in [3.63, 3.8) is 0 Å². The molecule has 1 aromatic carbocycles.